The van der Waals surface area contributed by atoms with E-state index in [-0.39, 0.29) is 5.78 Å². The zero-order valence-corrected chi connectivity index (χ0v) is 14.8. The fraction of sp³-hybridized carbons (Fsp3) is 0.188. The number of carbonyl (C=O) groups is 1. The summed E-state index contributed by atoms with van der Waals surface area (Å²) in [6.45, 7) is 0. The van der Waals surface area contributed by atoms with E-state index in [2.05, 4.69) is 15.9 Å². The fourth-order valence-corrected chi connectivity index (χ4v) is 3.26. The average Bonchev–Trinajstić information content (AvgIpc) is 2.97. The van der Waals surface area contributed by atoms with E-state index in [1.165, 1.54) is 17.4 Å². The standard InChI is InChI=1S/C16H15BrO4S/c1-19-12-7-5-10(15(20-2)16(12)21-3)4-6-11(18)13-8-9-14(17)22-13/h4-9H,1-3H3/b6-4+. The van der Waals surface area contributed by atoms with E-state index in [0.717, 1.165) is 9.35 Å². The van der Waals surface area contributed by atoms with Gasteiger partial charge in [0, 0.05) is 5.56 Å². The van der Waals surface area contributed by atoms with Gasteiger partial charge < -0.3 is 14.2 Å². The van der Waals surface area contributed by atoms with E-state index in [4.69, 9.17) is 14.2 Å². The summed E-state index contributed by atoms with van der Waals surface area (Å²) in [4.78, 5) is 12.8. The van der Waals surface area contributed by atoms with Gasteiger partial charge in [0.2, 0.25) is 5.75 Å². The van der Waals surface area contributed by atoms with E-state index in [9.17, 15) is 4.79 Å². The lowest BCUT2D eigenvalue weighted by atomic mass is 10.1. The lowest BCUT2D eigenvalue weighted by molar-refractivity contribution is 0.105. The molecule has 0 amide bonds. The van der Waals surface area contributed by atoms with Crippen LogP contribution < -0.4 is 14.2 Å². The largest absolute Gasteiger partial charge is 0.493 e. The first-order valence-corrected chi connectivity index (χ1v) is 7.98. The molecule has 0 bridgehead atoms. The molecule has 2 aromatic rings. The van der Waals surface area contributed by atoms with Crippen molar-refractivity contribution in [2.45, 2.75) is 0 Å². The molecular formula is C16H15BrO4S. The van der Waals surface area contributed by atoms with Gasteiger partial charge in [-0.3, -0.25) is 4.79 Å². The molecule has 0 spiro atoms. The van der Waals surface area contributed by atoms with Crippen LogP contribution in [0.3, 0.4) is 0 Å². The van der Waals surface area contributed by atoms with Crippen LogP contribution in [0.5, 0.6) is 17.2 Å². The zero-order chi connectivity index (χ0) is 16.1. The molecule has 0 aliphatic carbocycles. The minimum atomic E-state index is -0.0625. The number of benzene rings is 1. The maximum absolute atomic E-state index is 12.1. The SMILES string of the molecule is COc1ccc(/C=C/C(=O)c2ccc(Br)s2)c(OC)c1OC. The highest BCUT2D eigenvalue weighted by Gasteiger charge is 2.14. The number of hydrogen-bond donors (Lipinski definition) is 0. The Labute approximate surface area is 141 Å². The second-order valence-electron chi connectivity index (χ2n) is 4.22. The van der Waals surface area contributed by atoms with Crippen LogP contribution in [0, 0.1) is 0 Å². The van der Waals surface area contributed by atoms with Gasteiger partial charge in [-0.15, -0.1) is 11.3 Å². The molecule has 0 fully saturated rings. The highest BCUT2D eigenvalue weighted by molar-refractivity contribution is 9.11. The number of halogens is 1. The Morgan fingerprint density at radius 3 is 2.32 bits per heavy atom. The molecule has 0 aliphatic heterocycles. The normalized spacial score (nSPS) is 10.7. The number of thiophene rings is 1. The molecule has 4 nitrogen and oxygen atoms in total. The lowest BCUT2D eigenvalue weighted by Crippen LogP contribution is -1.97. The summed E-state index contributed by atoms with van der Waals surface area (Å²) in [5.74, 6) is 1.54. The molecule has 2 rings (SSSR count). The number of hydrogen-bond acceptors (Lipinski definition) is 5. The van der Waals surface area contributed by atoms with Gasteiger partial charge >= 0.3 is 0 Å². The van der Waals surface area contributed by atoms with Gasteiger partial charge in [-0.2, -0.15) is 0 Å². The van der Waals surface area contributed by atoms with Gasteiger partial charge in [0.25, 0.3) is 0 Å². The van der Waals surface area contributed by atoms with Crippen molar-refractivity contribution in [1.82, 2.24) is 0 Å². The average molecular weight is 383 g/mol. The van der Waals surface area contributed by atoms with E-state index >= 15 is 0 Å². The number of ketones is 1. The predicted octanol–water partition coefficient (Wildman–Crippen LogP) is 4.43. The summed E-state index contributed by atoms with van der Waals surface area (Å²) >= 11 is 4.74. The minimum Gasteiger partial charge on any atom is -0.493 e. The first-order valence-electron chi connectivity index (χ1n) is 6.37. The van der Waals surface area contributed by atoms with Crippen LogP contribution >= 0.6 is 27.3 Å². The van der Waals surface area contributed by atoms with Crippen molar-refractivity contribution in [1.29, 1.82) is 0 Å². The van der Waals surface area contributed by atoms with Crippen LogP contribution in [0.4, 0.5) is 0 Å². The maximum Gasteiger partial charge on any atom is 0.203 e. The molecule has 22 heavy (non-hydrogen) atoms. The number of ether oxygens (including phenoxy) is 3. The molecule has 0 saturated carbocycles. The van der Waals surface area contributed by atoms with Gasteiger partial charge in [-0.1, -0.05) is 0 Å². The summed E-state index contributed by atoms with van der Waals surface area (Å²) in [7, 11) is 4.65. The Bertz CT molecular complexity index is 706. The molecule has 1 aromatic heterocycles. The summed E-state index contributed by atoms with van der Waals surface area (Å²) in [6.07, 6.45) is 3.22. The monoisotopic (exact) mass is 382 g/mol. The summed E-state index contributed by atoms with van der Waals surface area (Å²) in [5.41, 5.74) is 0.740. The third-order valence-corrected chi connectivity index (χ3v) is 4.60. The number of carbonyl (C=O) groups excluding carboxylic acids is 1. The number of allylic oxidation sites excluding steroid dienone is 1. The molecule has 1 aromatic carbocycles. The third kappa shape index (κ3) is 3.51. The second-order valence-corrected chi connectivity index (χ2v) is 6.69. The Kier molecular flexibility index (Phi) is 5.63. The first-order chi connectivity index (χ1) is 10.6. The Balaban J connectivity index is 2.32. The molecule has 0 radical (unpaired) electrons. The number of methoxy groups -OCH3 is 3. The Morgan fingerprint density at radius 1 is 1.05 bits per heavy atom. The van der Waals surface area contributed by atoms with Crippen LogP contribution in [-0.2, 0) is 0 Å². The third-order valence-electron chi connectivity index (χ3n) is 2.96. The van der Waals surface area contributed by atoms with Crippen LogP contribution in [-0.4, -0.2) is 27.1 Å². The first kappa shape index (κ1) is 16.6. The van der Waals surface area contributed by atoms with Crippen molar-refractivity contribution in [3.63, 3.8) is 0 Å². The van der Waals surface area contributed by atoms with E-state index < -0.39 is 0 Å². The van der Waals surface area contributed by atoms with Gasteiger partial charge in [0.05, 0.1) is 30.0 Å². The molecular weight excluding hydrogens is 368 g/mol. The zero-order valence-electron chi connectivity index (χ0n) is 12.4. The van der Waals surface area contributed by atoms with E-state index in [1.807, 2.05) is 12.1 Å². The Hall–Kier alpha value is -1.79. The van der Waals surface area contributed by atoms with Gasteiger partial charge in [-0.05, 0) is 52.3 Å². The van der Waals surface area contributed by atoms with Crippen molar-refractivity contribution in [3.8, 4) is 17.2 Å². The summed E-state index contributed by atoms with van der Waals surface area (Å²) < 4.78 is 16.9. The van der Waals surface area contributed by atoms with Crippen molar-refractivity contribution < 1.29 is 19.0 Å². The van der Waals surface area contributed by atoms with Crippen molar-refractivity contribution in [3.05, 3.63) is 44.6 Å². The molecule has 6 heteroatoms. The van der Waals surface area contributed by atoms with Crippen LogP contribution in [0.2, 0.25) is 0 Å². The Morgan fingerprint density at radius 2 is 1.77 bits per heavy atom. The lowest BCUT2D eigenvalue weighted by Gasteiger charge is -2.13. The molecule has 1 heterocycles. The van der Waals surface area contributed by atoms with Gasteiger partial charge in [0.1, 0.15) is 0 Å². The molecule has 0 saturated heterocycles. The molecule has 0 N–H and O–H groups in total. The summed E-state index contributed by atoms with van der Waals surface area (Å²) in [6, 6.07) is 7.22. The second kappa shape index (κ2) is 7.47. The van der Waals surface area contributed by atoms with Crippen molar-refractivity contribution >= 4 is 39.1 Å². The molecule has 0 unspecified atom stereocenters. The van der Waals surface area contributed by atoms with Crippen LogP contribution in [0.25, 0.3) is 6.08 Å². The fourth-order valence-electron chi connectivity index (χ4n) is 1.95. The molecule has 0 atom stereocenters. The van der Waals surface area contributed by atoms with Gasteiger partial charge in [-0.25, -0.2) is 0 Å². The highest BCUT2D eigenvalue weighted by Crippen LogP contribution is 2.40. The molecule has 116 valence electrons. The highest BCUT2D eigenvalue weighted by atomic mass is 79.9. The van der Waals surface area contributed by atoms with Crippen molar-refractivity contribution in [2.24, 2.45) is 0 Å². The topological polar surface area (TPSA) is 44.8 Å². The quantitative estimate of drug-likeness (QED) is 0.547. The van der Waals surface area contributed by atoms with Gasteiger partial charge in [0.15, 0.2) is 17.3 Å². The maximum atomic E-state index is 12.1. The van der Waals surface area contributed by atoms with Crippen LogP contribution in [0.1, 0.15) is 15.2 Å². The van der Waals surface area contributed by atoms with Crippen molar-refractivity contribution in [2.75, 3.05) is 21.3 Å². The number of rotatable bonds is 6. The minimum absolute atomic E-state index is 0.0625. The molecule has 0 aliphatic rings. The predicted molar refractivity (Wildman–Crippen MR) is 91.5 cm³/mol. The van der Waals surface area contributed by atoms with E-state index in [1.54, 1.807) is 39.5 Å². The smallest absolute Gasteiger partial charge is 0.203 e. The van der Waals surface area contributed by atoms with Crippen LogP contribution in [0.15, 0.2) is 34.1 Å². The van der Waals surface area contributed by atoms with E-state index in [0.29, 0.717) is 22.1 Å². The summed E-state index contributed by atoms with van der Waals surface area (Å²) in [5, 5.41) is 0.